The van der Waals surface area contributed by atoms with E-state index in [1.165, 1.54) is 5.69 Å². The molecule has 1 fully saturated rings. The maximum Gasteiger partial charge on any atom is 0.253 e. The van der Waals surface area contributed by atoms with Gasteiger partial charge in [-0.2, -0.15) is 0 Å². The van der Waals surface area contributed by atoms with Crippen LogP contribution >= 0.6 is 0 Å². The predicted octanol–water partition coefficient (Wildman–Crippen LogP) is 4.58. The predicted molar refractivity (Wildman–Crippen MR) is 133 cm³/mol. The molecule has 6 nitrogen and oxygen atoms in total. The van der Waals surface area contributed by atoms with Crippen molar-refractivity contribution in [3.8, 4) is 11.3 Å². The van der Waals surface area contributed by atoms with Crippen molar-refractivity contribution < 1.29 is 9.32 Å². The summed E-state index contributed by atoms with van der Waals surface area (Å²) in [7, 11) is 1.86. The number of anilines is 1. The number of carbonyl (C=O) groups excluding carboxylic acids is 1. The summed E-state index contributed by atoms with van der Waals surface area (Å²) in [6.07, 6.45) is 1.57. The molecule has 0 spiro atoms. The fourth-order valence-corrected chi connectivity index (χ4v) is 4.30. The molecular weight excluding hydrogens is 412 g/mol. The first-order valence-electron chi connectivity index (χ1n) is 11.9. The van der Waals surface area contributed by atoms with Crippen molar-refractivity contribution in [2.75, 3.05) is 44.7 Å². The Labute approximate surface area is 196 Å². The van der Waals surface area contributed by atoms with Crippen molar-refractivity contribution in [3.05, 3.63) is 72.0 Å². The summed E-state index contributed by atoms with van der Waals surface area (Å²) in [5.41, 5.74) is 3.82. The Bertz CT molecular complexity index is 1020. The molecule has 1 aromatic heterocycles. The van der Waals surface area contributed by atoms with Crippen LogP contribution in [0.15, 0.2) is 65.2 Å². The van der Waals surface area contributed by atoms with Gasteiger partial charge in [-0.25, -0.2) is 0 Å². The summed E-state index contributed by atoms with van der Waals surface area (Å²) in [6, 6.07) is 20.6. The molecule has 2 aromatic carbocycles. The van der Waals surface area contributed by atoms with Crippen molar-refractivity contribution in [1.82, 2.24) is 15.0 Å². The molecule has 0 saturated carbocycles. The van der Waals surface area contributed by atoms with Gasteiger partial charge in [-0.05, 0) is 44.5 Å². The number of carbonyl (C=O) groups is 1. The molecule has 1 aliphatic rings. The van der Waals surface area contributed by atoms with Crippen LogP contribution in [0.25, 0.3) is 11.3 Å². The SMILES string of the molecule is CC(C)N1CCN(c2ccc(C(=O)N(C)CCCc3cc(-c4ccccc4)no3)cc2)CC1. The second kappa shape index (κ2) is 10.7. The topological polar surface area (TPSA) is 52.8 Å². The summed E-state index contributed by atoms with van der Waals surface area (Å²) in [5, 5.41) is 4.16. The van der Waals surface area contributed by atoms with Crippen molar-refractivity contribution in [2.24, 2.45) is 0 Å². The molecule has 3 aromatic rings. The minimum absolute atomic E-state index is 0.0497. The maximum atomic E-state index is 12.9. The van der Waals surface area contributed by atoms with E-state index in [0.29, 0.717) is 12.6 Å². The van der Waals surface area contributed by atoms with Gasteiger partial charge in [-0.1, -0.05) is 35.5 Å². The van der Waals surface area contributed by atoms with Crippen molar-refractivity contribution in [1.29, 1.82) is 0 Å². The van der Waals surface area contributed by atoms with E-state index in [9.17, 15) is 4.79 Å². The lowest BCUT2D eigenvalue weighted by molar-refractivity contribution is 0.0793. The van der Waals surface area contributed by atoms with Crippen LogP contribution in [0.3, 0.4) is 0 Å². The molecule has 1 aliphatic heterocycles. The van der Waals surface area contributed by atoms with Crippen molar-refractivity contribution >= 4 is 11.6 Å². The Morgan fingerprint density at radius 3 is 2.39 bits per heavy atom. The van der Waals surface area contributed by atoms with E-state index >= 15 is 0 Å². The standard InChI is InChI=1S/C27H34N4O2/c1-21(2)30-16-18-31(19-17-30)24-13-11-23(12-14-24)27(32)29(3)15-7-10-25-20-26(28-33-25)22-8-5-4-6-9-22/h4-6,8-9,11-14,20-21H,7,10,15-19H2,1-3H3. The van der Waals surface area contributed by atoms with Gasteiger partial charge in [0, 0.05) is 75.1 Å². The van der Waals surface area contributed by atoms with E-state index in [2.05, 4.69) is 40.9 Å². The number of aryl methyl sites for hydroxylation is 1. The number of hydrogen-bond donors (Lipinski definition) is 0. The van der Waals surface area contributed by atoms with Crippen LogP contribution in [0, 0.1) is 0 Å². The Morgan fingerprint density at radius 2 is 1.73 bits per heavy atom. The summed E-state index contributed by atoms with van der Waals surface area (Å²) >= 11 is 0. The molecule has 0 unspecified atom stereocenters. The van der Waals surface area contributed by atoms with Gasteiger partial charge in [-0.15, -0.1) is 0 Å². The third-order valence-corrected chi connectivity index (χ3v) is 6.42. The number of benzene rings is 2. The lowest BCUT2D eigenvalue weighted by atomic mass is 10.1. The molecule has 4 rings (SSSR count). The lowest BCUT2D eigenvalue weighted by Crippen LogP contribution is -2.48. The quantitative estimate of drug-likeness (QED) is 0.507. The van der Waals surface area contributed by atoms with Crippen molar-refractivity contribution in [2.45, 2.75) is 32.7 Å². The van der Waals surface area contributed by atoms with Gasteiger partial charge in [0.2, 0.25) is 0 Å². The molecule has 33 heavy (non-hydrogen) atoms. The molecule has 6 heteroatoms. The Balaban J connectivity index is 1.25. The first kappa shape index (κ1) is 23.1. The number of aromatic nitrogens is 1. The third kappa shape index (κ3) is 5.82. The van der Waals surface area contributed by atoms with E-state index in [1.807, 2.05) is 55.6 Å². The Kier molecular flexibility index (Phi) is 7.45. The average Bonchev–Trinajstić information content (AvgIpc) is 3.33. The van der Waals surface area contributed by atoms with Gasteiger partial charge in [0.1, 0.15) is 11.5 Å². The van der Waals surface area contributed by atoms with Gasteiger partial charge < -0.3 is 14.3 Å². The fourth-order valence-electron chi connectivity index (χ4n) is 4.30. The van der Waals surface area contributed by atoms with Gasteiger partial charge >= 0.3 is 0 Å². The van der Waals surface area contributed by atoms with E-state index in [1.54, 1.807) is 4.90 Å². The highest BCUT2D eigenvalue weighted by atomic mass is 16.5. The highest BCUT2D eigenvalue weighted by Crippen LogP contribution is 2.20. The van der Waals surface area contributed by atoms with Gasteiger partial charge in [0.25, 0.3) is 5.91 Å². The number of hydrogen-bond acceptors (Lipinski definition) is 5. The average molecular weight is 447 g/mol. The summed E-state index contributed by atoms with van der Waals surface area (Å²) in [6.45, 7) is 9.38. The van der Waals surface area contributed by atoms with Gasteiger partial charge in [-0.3, -0.25) is 9.69 Å². The van der Waals surface area contributed by atoms with Gasteiger partial charge in [0.05, 0.1) is 0 Å². The van der Waals surface area contributed by atoms with E-state index < -0.39 is 0 Å². The normalized spacial score (nSPS) is 14.6. The summed E-state index contributed by atoms with van der Waals surface area (Å²) in [4.78, 5) is 19.5. The third-order valence-electron chi connectivity index (χ3n) is 6.42. The van der Waals surface area contributed by atoms with Crippen LogP contribution < -0.4 is 4.90 Å². The van der Waals surface area contributed by atoms with Crippen LogP contribution in [0.2, 0.25) is 0 Å². The number of amides is 1. The zero-order chi connectivity index (χ0) is 23.2. The van der Waals surface area contributed by atoms with E-state index in [-0.39, 0.29) is 5.91 Å². The zero-order valence-electron chi connectivity index (χ0n) is 19.9. The molecule has 0 aliphatic carbocycles. The second-order valence-electron chi connectivity index (χ2n) is 9.04. The van der Waals surface area contributed by atoms with E-state index in [0.717, 1.165) is 61.6 Å². The van der Waals surface area contributed by atoms with Gasteiger partial charge in [0.15, 0.2) is 0 Å². The first-order chi connectivity index (χ1) is 16.0. The smallest absolute Gasteiger partial charge is 0.253 e. The minimum atomic E-state index is 0.0497. The molecule has 0 bridgehead atoms. The molecular formula is C27H34N4O2. The lowest BCUT2D eigenvalue weighted by Gasteiger charge is -2.38. The fraction of sp³-hybridized carbons (Fsp3) is 0.407. The second-order valence-corrected chi connectivity index (χ2v) is 9.04. The first-order valence-corrected chi connectivity index (χ1v) is 11.9. The number of piperazine rings is 1. The van der Waals surface area contributed by atoms with Crippen molar-refractivity contribution in [3.63, 3.8) is 0 Å². The molecule has 1 saturated heterocycles. The Morgan fingerprint density at radius 1 is 1.03 bits per heavy atom. The Hall–Kier alpha value is -3.12. The van der Waals surface area contributed by atoms with Crippen LogP contribution in [-0.2, 0) is 6.42 Å². The molecule has 174 valence electrons. The molecule has 0 radical (unpaired) electrons. The summed E-state index contributed by atoms with van der Waals surface area (Å²) in [5.74, 6) is 0.894. The van der Waals surface area contributed by atoms with Crippen LogP contribution in [0.1, 0.15) is 36.4 Å². The summed E-state index contributed by atoms with van der Waals surface area (Å²) < 4.78 is 5.48. The number of nitrogens with zero attached hydrogens (tertiary/aromatic N) is 4. The molecule has 0 N–H and O–H groups in total. The molecule has 0 atom stereocenters. The number of rotatable bonds is 8. The highest BCUT2D eigenvalue weighted by Gasteiger charge is 2.19. The minimum Gasteiger partial charge on any atom is -0.369 e. The largest absolute Gasteiger partial charge is 0.369 e. The van der Waals surface area contributed by atoms with Crippen LogP contribution in [0.5, 0.6) is 0 Å². The molecule has 1 amide bonds. The van der Waals surface area contributed by atoms with Crippen LogP contribution in [-0.4, -0.2) is 66.7 Å². The maximum absolute atomic E-state index is 12.9. The molecule has 2 heterocycles. The highest BCUT2D eigenvalue weighted by molar-refractivity contribution is 5.94. The zero-order valence-corrected chi connectivity index (χ0v) is 19.9. The van der Waals surface area contributed by atoms with Crippen LogP contribution in [0.4, 0.5) is 5.69 Å². The monoisotopic (exact) mass is 446 g/mol. The van der Waals surface area contributed by atoms with E-state index in [4.69, 9.17) is 4.52 Å².